The third-order valence-corrected chi connectivity index (χ3v) is 4.69. The number of rotatable bonds is 7. The van der Waals surface area contributed by atoms with Crippen LogP contribution in [0.2, 0.25) is 0 Å². The summed E-state index contributed by atoms with van der Waals surface area (Å²) in [4.78, 5) is 38.9. The van der Waals surface area contributed by atoms with Crippen molar-refractivity contribution < 1.29 is 23.9 Å². The Balaban J connectivity index is 1.43. The number of amides is 3. The minimum Gasteiger partial charge on any atom is -0.489 e. The van der Waals surface area contributed by atoms with E-state index in [9.17, 15) is 14.4 Å². The Labute approximate surface area is 178 Å². The predicted molar refractivity (Wildman–Crippen MR) is 111 cm³/mol. The van der Waals surface area contributed by atoms with Crippen molar-refractivity contribution in [3.8, 4) is 17.2 Å². The summed E-state index contributed by atoms with van der Waals surface area (Å²) in [7, 11) is 0. The highest BCUT2D eigenvalue weighted by molar-refractivity contribution is 6.04. The molecule has 1 aliphatic heterocycles. The molecule has 0 saturated carbocycles. The van der Waals surface area contributed by atoms with Gasteiger partial charge in [0.25, 0.3) is 5.91 Å². The Morgan fingerprint density at radius 2 is 1.84 bits per heavy atom. The molecule has 3 amide bonds. The van der Waals surface area contributed by atoms with Crippen LogP contribution in [-0.4, -0.2) is 22.7 Å². The van der Waals surface area contributed by atoms with E-state index in [1.165, 1.54) is 13.1 Å². The number of hydrogen-bond acceptors (Lipinski definition) is 6. The number of ketones is 1. The van der Waals surface area contributed by atoms with Crippen LogP contribution in [0.3, 0.4) is 0 Å². The first-order valence-corrected chi connectivity index (χ1v) is 9.55. The second kappa shape index (κ2) is 8.66. The number of hydrogen-bond donors (Lipinski definition) is 2. The highest BCUT2D eigenvalue weighted by atomic mass is 16.5. The van der Waals surface area contributed by atoms with Gasteiger partial charge in [-0.2, -0.15) is 0 Å². The summed E-state index contributed by atoms with van der Waals surface area (Å²) in [5.41, 5.74) is 1.99. The number of aromatic nitrogens is 1. The van der Waals surface area contributed by atoms with Crippen LogP contribution in [0.25, 0.3) is 0 Å². The molecule has 0 spiro atoms. The topological polar surface area (TPSA) is 107 Å². The van der Waals surface area contributed by atoms with Crippen molar-refractivity contribution in [1.82, 2.24) is 15.6 Å². The molecule has 31 heavy (non-hydrogen) atoms. The van der Waals surface area contributed by atoms with Crippen molar-refractivity contribution in [2.45, 2.75) is 19.6 Å². The van der Waals surface area contributed by atoms with E-state index in [0.29, 0.717) is 35.0 Å². The van der Waals surface area contributed by atoms with Gasteiger partial charge in [0.15, 0.2) is 5.78 Å². The lowest BCUT2D eigenvalue weighted by Gasteiger charge is -2.14. The van der Waals surface area contributed by atoms with E-state index >= 15 is 0 Å². The smallest absolute Gasteiger partial charge is 0.322 e. The van der Waals surface area contributed by atoms with E-state index in [4.69, 9.17) is 9.47 Å². The van der Waals surface area contributed by atoms with E-state index in [2.05, 4.69) is 15.6 Å². The Kier molecular flexibility index (Phi) is 5.61. The number of pyridine rings is 1. The van der Waals surface area contributed by atoms with Crippen molar-refractivity contribution >= 4 is 17.7 Å². The van der Waals surface area contributed by atoms with Gasteiger partial charge >= 0.3 is 6.03 Å². The zero-order valence-electron chi connectivity index (χ0n) is 16.6. The van der Waals surface area contributed by atoms with Crippen molar-refractivity contribution in [1.29, 1.82) is 0 Å². The lowest BCUT2D eigenvalue weighted by atomic mass is 10.1. The zero-order valence-corrected chi connectivity index (χ0v) is 16.6. The summed E-state index contributed by atoms with van der Waals surface area (Å²) in [6.45, 7) is 1.85. The molecule has 1 atom stereocenters. The standard InChI is InChI=1S/C23H19N3O5/c1-14(27)16-4-2-3-15(11-16)13-30-17-5-7-18(8-6-17)31-20-9-10-24-12-19(20)21-22(28)26-23(29)25-21/h2-12,21H,13H2,1H3,(H2,25,26,28,29). The summed E-state index contributed by atoms with van der Waals surface area (Å²) in [6, 6.07) is 14.5. The maximum absolute atomic E-state index is 12.0. The second-order valence-corrected chi connectivity index (χ2v) is 6.93. The van der Waals surface area contributed by atoms with Crippen LogP contribution in [0.1, 0.15) is 34.5 Å². The molecule has 1 aromatic heterocycles. The Morgan fingerprint density at radius 3 is 2.55 bits per heavy atom. The van der Waals surface area contributed by atoms with Crippen molar-refractivity contribution in [3.05, 3.63) is 83.7 Å². The largest absolute Gasteiger partial charge is 0.489 e. The van der Waals surface area contributed by atoms with Crippen LogP contribution in [0.4, 0.5) is 4.79 Å². The zero-order chi connectivity index (χ0) is 21.8. The van der Waals surface area contributed by atoms with Crippen LogP contribution in [-0.2, 0) is 11.4 Å². The van der Waals surface area contributed by atoms with Gasteiger partial charge in [-0.05, 0) is 48.9 Å². The molecule has 2 heterocycles. The number of nitrogens with zero attached hydrogens (tertiary/aromatic N) is 1. The third kappa shape index (κ3) is 4.69. The van der Waals surface area contributed by atoms with E-state index in [1.54, 1.807) is 42.6 Å². The van der Waals surface area contributed by atoms with Gasteiger partial charge in [0.1, 0.15) is 29.9 Å². The highest BCUT2D eigenvalue weighted by Gasteiger charge is 2.33. The van der Waals surface area contributed by atoms with Crippen LogP contribution in [0.15, 0.2) is 67.0 Å². The van der Waals surface area contributed by atoms with Crippen LogP contribution in [0, 0.1) is 0 Å². The Bertz CT molecular complexity index is 1140. The molecule has 1 unspecified atom stereocenters. The lowest BCUT2D eigenvalue weighted by Crippen LogP contribution is -2.22. The van der Waals surface area contributed by atoms with Gasteiger partial charge in [0, 0.05) is 23.5 Å². The summed E-state index contributed by atoms with van der Waals surface area (Å²) in [5, 5.41) is 4.73. The predicted octanol–water partition coefficient (Wildman–Crippen LogP) is 3.54. The van der Waals surface area contributed by atoms with E-state index < -0.39 is 18.0 Å². The average molecular weight is 417 g/mol. The number of nitrogens with one attached hydrogen (secondary N) is 2. The molecular formula is C23H19N3O5. The van der Waals surface area contributed by atoms with Gasteiger partial charge in [-0.25, -0.2) is 4.79 Å². The van der Waals surface area contributed by atoms with Crippen molar-refractivity contribution in [3.63, 3.8) is 0 Å². The van der Waals surface area contributed by atoms with Crippen LogP contribution in [0.5, 0.6) is 17.2 Å². The summed E-state index contributed by atoms with van der Waals surface area (Å²) in [5.74, 6) is 1.13. The maximum Gasteiger partial charge on any atom is 0.322 e. The number of Topliss-reactive ketones (excluding diaryl/α,β-unsaturated/α-hetero) is 1. The maximum atomic E-state index is 12.0. The van der Waals surface area contributed by atoms with E-state index in [-0.39, 0.29) is 5.78 Å². The number of benzene rings is 2. The minimum atomic E-state index is -0.857. The average Bonchev–Trinajstić information content (AvgIpc) is 3.11. The first-order chi connectivity index (χ1) is 15.0. The summed E-state index contributed by atoms with van der Waals surface area (Å²) in [6.07, 6.45) is 3.03. The van der Waals surface area contributed by atoms with Gasteiger partial charge in [0.2, 0.25) is 0 Å². The molecule has 0 bridgehead atoms. The molecule has 156 valence electrons. The summed E-state index contributed by atoms with van der Waals surface area (Å²) >= 11 is 0. The SMILES string of the molecule is CC(=O)c1cccc(COc2ccc(Oc3ccncc3C3NC(=O)NC3=O)cc2)c1. The fraction of sp³-hybridized carbons (Fsp3) is 0.130. The highest BCUT2D eigenvalue weighted by Crippen LogP contribution is 2.31. The van der Waals surface area contributed by atoms with Crippen LogP contribution >= 0.6 is 0 Å². The van der Waals surface area contributed by atoms with Crippen LogP contribution < -0.4 is 20.1 Å². The molecule has 8 nitrogen and oxygen atoms in total. The summed E-state index contributed by atoms with van der Waals surface area (Å²) < 4.78 is 11.7. The molecule has 1 fully saturated rings. The first-order valence-electron chi connectivity index (χ1n) is 9.55. The molecular weight excluding hydrogens is 398 g/mol. The number of urea groups is 1. The first kappa shape index (κ1) is 20.1. The molecule has 1 aliphatic rings. The van der Waals surface area contributed by atoms with Gasteiger partial charge in [-0.15, -0.1) is 0 Å². The van der Waals surface area contributed by atoms with Crippen molar-refractivity contribution in [2.24, 2.45) is 0 Å². The third-order valence-electron chi connectivity index (χ3n) is 4.69. The number of carbonyl (C=O) groups is 3. The quantitative estimate of drug-likeness (QED) is 0.450. The Morgan fingerprint density at radius 1 is 1.06 bits per heavy atom. The van der Waals surface area contributed by atoms with Gasteiger partial charge in [-0.1, -0.05) is 18.2 Å². The van der Waals surface area contributed by atoms with Gasteiger partial charge in [0.05, 0.1) is 0 Å². The molecule has 3 aromatic rings. The monoisotopic (exact) mass is 417 g/mol. The lowest BCUT2D eigenvalue weighted by molar-refractivity contribution is -0.120. The van der Waals surface area contributed by atoms with Crippen molar-refractivity contribution in [2.75, 3.05) is 0 Å². The molecule has 2 N–H and O–H groups in total. The number of ether oxygens (including phenoxy) is 2. The van der Waals surface area contributed by atoms with Gasteiger partial charge in [-0.3, -0.25) is 19.9 Å². The molecule has 1 saturated heterocycles. The van der Waals surface area contributed by atoms with E-state index in [0.717, 1.165) is 5.56 Å². The fourth-order valence-electron chi connectivity index (χ4n) is 3.12. The number of carbonyl (C=O) groups excluding carboxylic acids is 3. The molecule has 8 heteroatoms. The molecule has 2 aromatic carbocycles. The molecule has 4 rings (SSSR count). The fourth-order valence-corrected chi connectivity index (χ4v) is 3.12. The Hall–Kier alpha value is -4.20. The molecule has 0 aliphatic carbocycles. The normalized spacial score (nSPS) is 15.2. The van der Waals surface area contributed by atoms with Gasteiger partial charge < -0.3 is 14.8 Å². The van der Waals surface area contributed by atoms with E-state index in [1.807, 2.05) is 18.2 Å². The molecule has 0 radical (unpaired) electrons. The minimum absolute atomic E-state index is 0.00786. The second-order valence-electron chi connectivity index (χ2n) is 6.93. The number of imide groups is 1.